The third-order valence-corrected chi connectivity index (χ3v) is 3.50. The Morgan fingerprint density at radius 1 is 1.33 bits per heavy atom. The van der Waals surface area contributed by atoms with Crippen molar-refractivity contribution in [1.82, 2.24) is 5.32 Å². The minimum atomic E-state index is -0.417. The number of hydrogen-bond donors (Lipinski definition) is 2. The van der Waals surface area contributed by atoms with Crippen molar-refractivity contribution in [2.24, 2.45) is 0 Å². The first-order chi connectivity index (χ1) is 10.1. The molecule has 1 aromatic carbocycles. The quantitative estimate of drug-likeness (QED) is 0.441. The van der Waals surface area contributed by atoms with Crippen LogP contribution < -0.4 is 10.2 Å². The molecule has 7 heteroatoms. The van der Waals surface area contributed by atoms with E-state index in [0.29, 0.717) is 32.5 Å². The molecule has 0 atom stereocenters. The second-order valence-corrected chi connectivity index (χ2v) is 4.94. The van der Waals surface area contributed by atoms with Crippen LogP contribution >= 0.6 is 0 Å². The van der Waals surface area contributed by atoms with Crippen LogP contribution in [0.25, 0.3) is 0 Å². The molecule has 0 aliphatic carbocycles. The number of nitro benzene ring substituents is 1. The first kappa shape index (κ1) is 15.4. The van der Waals surface area contributed by atoms with E-state index in [1.165, 1.54) is 6.07 Å². The molecule has 21 heavy (non-hydrogen) atoms. The lowest BCUT2D eigenvalue weighted by atomic mass is 10.0. The molecule has 7 nitrogen and oxygen atoms in total. The fourth-order valence-corrected chi connectivity index (χ4v) is 2.47. The van der Waals surface area contributed by atoms with Crippen molar-refractivity contribution >= 4 is 17.3 Å². The highest BCUT2D eigenvalue weighted by atomic mass is 16.6. The number of nitro groups is 1. The minimum absolute atomic E-state index is 0.0542. The van der Waals surface area contributed by atoms with Crippen molar-refractivity contribution < 1.29 is 14.8 Å². The first-order valence-electron chi connectivity index (χ1n) is 7.02. The number of hydrogen-bond acceptors (Lipinski definition) is 5. The summed E-state index contributed by atoms with van der Waals surface area (Å²) < 4.78 is 0. The van der Waals surface area contributed by atoms with Crippen molar-refractivity contribution in [3.8, 4) is 0 Å². The predicted octanol–water partition coefficient (Wildman–Crippen LogP) is 0.846. The molecule has 1 amide bonds. The number of amides is 1. The molecule has 0 radical (unpaired) electrons. The summed E-state index contributed by atoms with van der Waals surface area (Å²) in [7, 11) is 0. The van der Waals surface area contributed by atoms with Gasteiger partial charge in [0.15, 0.2) is 0 Å². The highest BCUT2D eigenvalue weighted by molar-refractivity contribution is 5.96. The maximum atomic E-state index is 12.0. The molecule has 0 saturated heterocycles. The molecule has 2 N–H and O–H groups in total. The Hall–Kier alpha value is -1.99. The van der Waals surface area contributed by atoms with Crippen LogP contribution in [-0.4, -0.2) is 42.2 Å². The van der Waals surface area contributed by atoms with Crippen LogP contribution in [0.2, 0.25) is 0 Å². The summed E-state index contributed by atoms with van der Waals surface area (Å²) >= 11 is 0. The molecule has 0 aromatic heterocycles. The average Bonchev–Trinajstić information content (AvgIpc) is 2.48. The fourth-order valence-electron chi connectivity index (χ4n) is 2.47. The monoisotopic (exact) mass is 293 g/mol. The Bertz CT molecular complexity index is 533. The number of non-ortho nitro benzene ring substituents is 1. The Labute approximate surface area is 122 Å². The van der Waals surface area contributed by atoms with E-state index < -0.39 is 4.92 Å². The molecular formula is C14H19N3O4. The van der Waals surface area contributed by atoms with Crippen LogP contribution in [0.5, 0.6) is 0 Å². The summed E-state index contributed by atoms with van der Waals surface area (Å²) in [6.07, 6.45) is 1.70. The number of nitrogens with zero attached hydrogens (tertiary/aromatic N) is 2. The maximum absolute atomic E-state index is 12.0. The van der Waals surface area contributed by atoms with Crippen LogP contribution in [-0.2, 0) is 11.2 Å². The highest BCUT2D eigenvalue weighted by Gasteiger charge is 2.25. The van der Waals surface area contributed by atoms with E-state index in [0.717, 1.165) is 17.7 Å². The third-order valence-electron chi connectivity index (χ3n) is 3.50. The zero-order valence-corrected chi connectivity index (χ0v) is 11.7. The number of nitrogens with one attached hydrogen (secondary N) is 1. The third kappa shape index (κ3) is 3.77. The Balaban J connectivity index is 2.05. The van der Waals surface area contributed by atoms with Crippen molar-refractivity contribution in [3.05, 3.63) is 33.9 Å². The Kier molecular flexibility index (Phi) is 5.24. The van der Waals surface area contributed by atoms with Gasteiger partial charge in [0.25, 0.3) is 5.69 Å². The number of rotatable bonds is 7. The van der Waals surface area contributed by atoms with E-state index in [-0.39, 0.29) is 18.2 Å². The van der Waals surface area contributed by atoms with E-state index in [1.54, 1.807) is 17.0 Å². The molecule has 0 saturated carbocycles. The molecule has 2 rings (SSSR count). The van der Waals surface area contributed by atoms with E-state index in [1.807, 2.05) is 0 Å². The van der Waals surface area contributed by atoms with Gasteiger partial charge in [-0.25, -0.2) is 0 Å². The molecule has 0 bridgehead atoms. The Morgan fingerprint density at radius 3 is 2.86 bits per heavy atom. The smallest absolute Gasteiger partial charge is 0.269 e. The van der Waals surface area contributed by atoms with E-state index in [2.05, 4.69) is 5.32 Å². The highest BCUT2D eigenvalue weighted by Crippen LogP contribution is 2.31. The van der Waals surface area contributed by atoms with E-state index in [9.17, 15) is 14.9 Å². The number of fused-ring (bicyclic) bond motifs is 1. The number of anilines is 1. The molecule has 0 spiro atoms. The lowest BCUT2D eigenvalue weighted by Crippen LogP contribution is -2.37. The van der Waals surface area contributed by atoms with Crippen LogP contribution in [0.3, 0.4) is 0 Å². The van der Waals surface area contributed by atoms with Crippen molar-refractivity contribution in [2.75, 3.05) is 31.1 Å². The first-order valence-corrected chi connectivity index (χ1v) is 7.02. The van der Waals surface area contributed by atoms with Crippen LogP contribution in [0.15, 0.2) is 18.2 Å². The fraction of sp³-hybridized carbons (Fsp3) is 0.500. The van der Waals surface area contributed by atoms with Crippen LogP contribution in [0, 0.1) is 10.1 Å². The van der Waals surface area contributed by atoms with Crippen LogP contribution in [0.1, 0.15) is 18.4 Å². The molecule has 114 valence electrons. The molecular weight excluding hydrogens is 274 g/mol. The van der Waals surface area contributed by atoms with E-state index in [4.69, 9.17) is 5.11 Å². The Morgan fingerprint density at radius 2 is 2.14 bits per heavy atom. The number of carbonyl (C=O) groups excluding carboxylic acids is 1. The minimum Gasteiger partial charge on any atom is -0.395 e. The number of benzene rings is 1. The van der Waals surface area contributed by atoms with Crippen molar-refractivity contribution in [2.45, 2.75) is 19.3 Å². The molecule has 1 heterocycles. The van der Waals surface area contributed by atoms with Crippen molar-refractivity contribution in [1.29, 1.82) is 0 Å². The number of aliphatic hydroxyl groups is 1. The van der Waals surface area contributed by atoms with Gasteiger partial charge in [-0.05, 0) is 31.0 Å². The predicted molar refractivity (Wildman–Crippen MR) is 78.3 cm³/mol. The summed E-state index contributed by atoms with van der Waals surface area (Å²) in [6, 6.07) is 4.65. The van der Waals surface area contributed by atoms with E-state index >= 15 is 0 Å². The maximum Gasteiger partial charge on any atom is 0.269 e. The van der Waals surface area contributed by atoms with Gasteiger partial charge in [-0.2, -0.15) is 0 Å². The molecule has 1 aromatic rings. The van der Waals surface area contributed by atoms with Gasteiger partial charge in [0.1, 0.15) is 0 Å². The zero-order valence-electron chi connectivity index (χ0n) is 11.7. The zero-order chi connectivity index (χ0) is 15.2. The van der Waals surface area contributed by atoms with Gasteiger partial charge in [0.05, 0.1) is 11.5 Å². The summed E-state index contributed by atoms with van der Waals surface area (Å²) in [5.41, 5.74) is 1.69. The molecule has 1 aliphatic rings. The lowest BCUT2D eigenvalue weighted by molar-refractivity contribution is -0.384. The summed E-state index contributed by atoms with van der Waals surface area (Å²) in [5, 5.41) is 22.5. The van der Waals surface area contributed by atoms with Gasteiger partial charge in [0, 0.05) is 37.3 Å². The SMILES string of the molecule is O=C1CCc2cc([N+](=O)[O-])ccc2N1CCCNCCO. The number of aliphatic hydroxyl groups excluding tert-OH is 1. The standard InChI is InChI=1S/C14H19N3O4/c18-9-7-15-6-1-8-16-13-4-3-12(17(20)21)10-11(13)2-5-14(16)19/h3-4,10,15,18H,1-2,5-9H2. The summed E-state index contributed by atoms with van der Waals surface area (Å²) in [4.78, 5) is 24.1. The second kappa shape index (κ2) is 7.14. The number of aryl methyl sites for hydroxylation is 1. The van der Waals surface area contributed by atoms with Crippen molar-refractivity contribution in [3.63, 3.8) is 0 Å². The normalized spacial score (nSPS) is 14.1. The topological polar surface area (TPSA) is 95.7 Å². The lowest BCUT2D eigenvalue weighted by Gasteiger charge is -2.29. The molecule has 0 fully saturated rings. The second-order valence-electron chi connectivity index (χ2n) is 4.94. The van der Waals surface area contributed by atoms with Crippen LogP contribution in [0.4, 0.5) is 11.4 Å². The molecule has 0 unspecified atom stereocenters. The number of carbonyl (C=O) groups is 1. The van der Waals surface area contributed by atoms with Gasteiger partial charge in [0.2, 0.25) is 5.91 Å². The van der Waals surface area contributed by atoms with Gasteiger partial charge < -0.3 is 15.3 Å². The van der Waals surface area contributed by atoms with Gasteiger partial charge >= 0.3 is 0 Å². The largest absolute Gasteiger partial charge is 0.395 e. The summed E-state index contributed by atoms with van der Waals surface area (Å²) in [5.74, 6) is 0.0542. The van der Waals surface area contributed by atoms with Gasteiger partial charge in [-0.1, -0.05) is 0 Å². The van der Waals surface area contributed by atoms with Gasteiger partial charge in [-0.3, -0.25) is 14.9 Å². The average molecular weight is 293 g/mol. The summed E-state index contributed by atoms with van der Waals surface area (Å²) in [6.45, 7) is 1.92. The molecule has 1 aliphatic heterocycles. The van der Waals surface area contributed by atoms with Gasteiger partial charge in [-0.15, -0.1) is 0 Å².